The number of unbranched alkanes of at least 4 members (excludes halogenated alkanes) is 1. The van der Waals surface area contributed by atoms with E-state index in [0.717, 1.165) is 24.2 Å². The number of nitrogens with one attached hydrogen (secondary N) is 1. The molecule has 19 heavy (non-hydrogen) atoms. The molecular formula is C14H19NO3S. The molecule has 1 fully saturated rings. The number of thioether (sulfide) groups is 1. The smallest absolute Gasteiger partial charge is 0.321 e. The van der Waals surface area contributed by atoms with Gasteiger partial charge >= 0.3 is 5.97 Å². The highest BCUT2D eigenvalue weighted by molar-refractivity contribution is 7.99. The van der Waals surface area contributed by atoms with Gasteiger partial charge < -0.3 is 9.84 Å². The summed E-state index contributed by atoms with van der Waals surface area (Å²) in [5.41, 5.74) is 1.03. The number of carboxylic acid groups (broad SMARTS) is 1. The van der Waals surface area contributed by atoms with Crippen LogP contribution in [0.2, 0.25) is 0 Å². The summed E-state index contributed by atoms with van der Waals surface area (Å²) in [5, 5.41) is 12.1. The minimum absolute atomic E-state index is 0.000994. The maximum absolute atomic E-state index is 11.0. The highest BCUT2D eigenvalue weighted by Crippen LogP contribution is 2.37. The van der Waals surface area contributed by atoms with Crippen LogP contribution in [-0.2, 0) is 4.79 Å². The fourth-order valence-electron chi connectivity index (χ4n) is 1.95. The Morgan fingerprint density at radius 2 is 2.32 bits per heavy atom. The number of ether oxygens (including phenoxy) is 1. The van der Waals surface area contributed by atoms with Crippen LogP contribution in [0.25, 0.3) is 0 Å². The number of rotatable bonds is 6. The van der Waals surface area contributed by atoms with Crippen LogP contribution >= 0.6 is 11.8 Å². The molecule has 1 saturated heterocycles. The molecule has 4 nitrogen and oxygen atoms in total. The van der Waals surface area contributed by atoms with E-state index in [1.54, 1.807) is 11.8 Å². The second-order valence-electron chi connectivity index (χ2n) is 4.51. The molecule has 1 heterocycles. The molecule has 0 bridgehead atoms. The fraction of sp³-hybridized carbons (Fsp3) is 0.500. The number of carbonyl (C=O) groups is 1. The van der Waals surface area contributed by atoms with Crippen LogP contribution in [-0.4, -0.2) is 29.5 Å². The zero-order valence-corrected chi connectivity index (χ0v) is 11.8. The van der Waals surface area contributed by atoms with Crippen LogP contribution in [0.1, 0.15) is 30.7 Å². The number of aliphatic carboxylic acids is 1. The van der Waals surface area contributed by atoms with Gasteiger partial charge in [-0.3, -0.25) is 10.1 Å². The summed E-state index contributed by atoms with van der Waals surface area (Å²) < 4.78 is 5.78. The Hall–Kier alpha value is -1.20. The molecule has 0 aliphatic carbocycles. The van der Waals surface area contributed by atoms with Crippen molar-refractivity contribution in [2.45, 2.75) is 31.2 Å². The summed E-state index contributed by atoms with van der Waals surface area (Å²) in [5.74, 6) is 0.648. The topological polar surface area (TPSA) is 58.6 Å². The molecular weight excluding hydrogens is 262 g/mol. The first-order chi connectivity index (χ1) is 9.22. The van der Waals surface area contributed by atoms with Crippen molar-refractivity contribution >= 4 is 17.7 Å². The van der Waals surface area contributed by atoms with Crippen molar-refractivity contribution in [3.63, 3.8) is 0 Å². The van der Waals surface area contributed by atoms with E-state index < -0.39 is 12.0 Å². The predicted octanol–water partition coefficient (Wildman–Crippen LogP) is 2.65. The molecule has 2 rings (SSSR count). The SMILES string of the molecule is CCCCOc1ccccc1C1NC(C(=O)O)CS1. The van der Waals surface area contributed by atoms with Crippen molar-refractivity contribution in [3.8, 4) is 5.75 Å². The molecule has 0 spiro atoms. The molecule has 104 valence electrons. The average Bonchev–Trinajstić information content (AvgIpc) is 2.89. The zero-order chi connectivity index (χ0) is 13.7. The van der Waals surface area contributed by atoms with E-state index in [1.165, 1.54) is 0 Å². The second-order valence-corrected chi connectivity index (χ2v) is 5.65. The Kier molecular flexibility index (Phi) is 5.10. The largest absolute Gasteiger partial charge is 0.493 e. The van der Waals surface area contributed by atoms with Gasteiger partial charge in [0.05, 0.1) is 12.0 Å². The first-order valence-corrected chi connectivity index (χ1v) is 7.59. The van der Waals surface area contributed by atoms with Crippen molar-refractivity contribution < 1.29 is 14.6 Å². The standard InChI is InChI=1S/C14H19NO3S/c1-2-3-8-18-12-7-5-4-6-10(12)13-15-11(9-19-13)14(16)17/h4-7,11,13,15H,2-3,8-9H2,1H3,(H,16,17). The van der Waals surface area contributed by atoms with E-state index in [4.69, 9.17) is 9.84 Å². The molecule has 1 aromatic rings. The summed E-state index contributed by atoms with van der Waals surface area (Å²) in [7, 11) is 0. The van der Waals surface area contributed by atoms with Crippen LogP contribution in [0.3, 0.4) is 0 Å². The van der Waals surface area contributed by atoms with Crippen LogP contribution in [0.5, 0.6) is 5.75 Å². The molecule has 2 N–H and O–H groups in total. The van der Waals surface area contributed by atoms with Crippen LogP contribution < -0.4 is 10.1 Å². The van der Waals surface area contributed by atoms with Crippen molar-refractivity contribution in [2.75, 3.05) is 12.4 Å². The van der Waals surface area contributed by atoms with E-state index in [1.807, 2.05) is 24.3 Å². The second kappa shape index (κ2) is 6.82. The summed E-state index contributed by atoms with van der Waals surface area (Å²) in [4.78, 5) is 11.0. The van der Waals surface area contributed by atoms with Gasteiger partial charge in [0.15, 0.2) is 0 Å². The zero-order valence-electron chi connectivity index (χ0n) is 11.0. The highest BCUT2D eigenvalue weighted by Gasteiger charge is 2.31. The monoisotopic (exact) mass is 281 g/mol. The number of benzene rings is 1. The van der Waals surface area contributed by atoms with Gasteiger partial charge in [-0.1, -0.05) is 31.5 Å². The molecule has 1 aliphatic heterocycles. The van der Waals surface area contributed by atoms with Gasteiger partial charge in [-0.2, -0.15) is 0 Å². The number of para-hydroxylation sites is 1. The maximum atomic E-state index is 11.0. The van der Waals surface area contributed by atoms with E-state index in [0.29, 0.717) is 12.4 Å². The van der Waals surface area contributed by atoms with Gasteiger partial charge in [0, 0.05) is 11.3 Å². The van der Waals surface area contributed by atoms with Crippen LogP contribution in [0, 0.1) is 0 Å². The third-order valence-corrected chi connectivity index (χ3v) is 4.29. The minimum Gasteiger partial charge on any atom is -0.493 e. The lowest BCUT2D eigenvalue weighted by molar-refractivity contribution is -0.138. The van der Waals surface area contributed by atoms with Gasteiger partial charge in [0.2, 0.25) is 0 Å². The van der Waals surface area contributed by atoms with Gasteiger partial charge in [0.1, 0.15) is 11.8 Å². The quantitative estimate of drug-likeness (QED) is 0.785. The summed E-state index contributed by atoms with van der Waals surface area (Å²) in [6, 6.07) is 7.37. The molecule has 0 aromatic heterocycles. The number of hydrogen-bond acceptors (Lipinski definition) is 4. The van der Waals surface area contributed by atoms with Crippen molar-refractivity contribution in [3.05, 3.63) is 29.8 Å². The fourth-order valence-corrected chi connectivity index (χ4v) is 3.21. The Morgan fingerprint density at radius 3 is 3.00 bits per heavy atom. The normalized spacial score (nSPS) is 22.4. The molecule has 1 aliphatic rings. The maximum Gasteiger partial charge on any atom is 0.321 e. The van der Waals surface area contributed by atoms with Gasteiger partial charge in [-0.15, -0.1) is 11.8 Å². The lowest BCUT2D eigenvalue weighted by Crippen LogP contribution is -2.33. The lowest BCUT2D eigenvalue weighted by atomic mass is 10.2. The third-order valence-electron chi connectivity index (χ3n) is 3.04. The molecule has 2 unspecified atom stereocenters. The summed E-state index contributed by atoms with van der Waals surface area (Å²) in [6.07, 6.45) is 2.12. The van der Waals surface area contributed by atoms with E-state index in [9.17, 15) is 4.79 Å². The van der Waals surface area contributed by atoms with E-state index >= 15 is 0 Å². The van der Waals surface area contributed by atoms with E-state index in [2.05, 4.69) is 12.2 Å². The molecule has 0 radical (unpaired) electrons. The van der Waals surface area contributed by atoms with Crippen molar-refractivity contribution in [2.24, 2.45) is 0 Å². The van der Waals surface area contributed by atoms with E-state index in [-0.39, 0.29) is 5.37 Å². The number of carboxylic acids is 1. The lowest BCUT2D eigenvalue weighted by Gasteiger charge is -2.16. The van der Waals surface area contributed by atoms with Crippen LogP contribution in [0.15, 0.2) is 24.3 Å². The van der Waals surface area contributed by atoms with Crippen LogP contribution in [0.4, 0.5) is 0 Å². The number of hydrogen-bond donors (Lipinski definition) is 2. The molecule has 0 amide bonds. The minimum atomic E-state index is -0.792. The third kappa shape index (κ3) is 3.64. The molecule has 2 atom stereocenters. The first-order valence-electron chi connectivity index (χ1n) is 6.54. The average molecular weight is 281 g/mol. The Morgan fingerprint density at radius 1 is 1.53 bits per heavy atom. The molecule has 5 heteroatoms. The molecule has 0 saturated carbocycles. The van der Waals surface area contributed by atoms with Gasteiger partial charge in [0.25, 0.3) is 0 Å². The predicted molar refractivity (Wildman–Crippen MR) is 76.6 cm³/mol. The Balaban J connectivity index is 2.05. The Labute approximate surface area is 117 Å². The highest BCUT2D eigenvalue weighted by atomic mass is 32.2. The summed E-state index contributed by atoms with van der Waals surface area (Å²) >= 11 is 1.61. The van der Waals surface area contributed by atoms with Gasteiger partial charge in [-0.05, 0) is 12.5 Å². The van der Waals surface area contributed by atoms with Crippen molar-refractivity contribution in [1.82, 2.24) is 5.32 Å². The van der Waals surface area contributed by atoms with Crippen molar-refractivity contribution in [1.29, 1.82) is 0 Å². The molecule has 1 aromatic carbocycles. The first kappa shape index (κ1) is 14.2. The summed E-state index contributed by atoms with van der Waals surface area (Å²) in [6.45, 7) is 2.83. The van der Waals surface area contributed by atoms with Gasteiger partial charge in [-0.25, -0.2) is 0 Å². The Bertz CT molecular complexity index is 438.